The summed E-state index contributed by atoms with van der Waals surface area (Å²) in [6, 6.07) is 0. The maximum atomic E-state index is 4.23. The summed E-state index contributed by atoms with van der Waals surface area (Å²) in [6.07, 6.45) is 29.9. The van der Waals surface area contributed by atoms with Gasteiger partial charge >= 0.3 is 0 Å². The lowest BCUT2D eigenvalue weighted by Gasteiger charge is -2.28. The molecule has 0 N–H and O–H groups in total. The van der Waals surface area contributed by atoms with Gasteiger partial charge in [-0.2, -0.15) is 0 Å². The molecule has 0 aromatic heterocycles. The Morgan fingerprint density at radius 3 is 0.885 bits per heavy atom. The summed E-state index contributed by atoms with van der Waals surface area (Å²) < 4.78 is 0.452. The highest BCUT2D eigenvalue weighted by molar-refractivity contribution is 9.10. The SMILES string of the molecule is CCCCCCCCC(Br)(CCCCCCCC)CCCCCCCC. The van der Waals surface area contributed by atoms with Crippen molar-refractivity contribution < 1.29 is 0 Å². The average Bonchev–Trinajstić information content (AvgIpc) is 2.64. The molecule has 0 saturated carbocycles. The lowest BCUT2D eigenvalue weighted by molar-refractivity contribution is 0.411. The highest BCUT2D eigenvalue weighted by atomic mass is 79.9. The van der Waals surface area contributed by atoms with E-state index in [-0.39, 0.29) is 0 Å². The number of hydrogen-bond donors (Lipinski definition) is 0. The molecule has 0 bridgehead atoms. The van der Waals surface area contributed by atoms with Crippen molar-refractivity contribution in [1.82, 2.24) is 0 Å². The van der Waals surface area contributed by atoms with Gasteiger partial charge in [-0.3, -0.25) is 0 Å². The fourth-order valence-corrected chi connectivity index (χ4v) is 4.88. The van der Waals surface area contributed by atoms with Gasteiger partial charge in [0.15, 0.2) is 0 Å². The molecule has 0 atom stereocenters. The first-order valence-corrected chi connectivity index (χ1v) is 13.2. The first-order chi connectivity index (χ1) is 12.7. The van der Waals surface area contributed by atoms with Crippen LogP contribution in [0.3, 0.4) is 0 Å². The third-order valence-corrected chi connectivity index (χ3v) is 7.12. The summed E-state index contributed by atoms with van der Waals surface area (Å²) in [7, 11) is 0. The Balaban J connectivity index is 4.02. The normalized spacial score (nSPS) is 12.0. The lowest BCUT2D eigenvalue weighted by Crippen LogP contribution is -2.20. The fraction of sp³-hybridized carbons (Fsp3) is 1.00. The maximum Gasteiger partial charge on any atom is 0.0258 e. The first kappa shape index (κ1) is 26.5. The zero-order valence-corrected chi connectivity index (χ0v) is 20.3. The zero-order chi connectivity index (χ0) is 19.3. The van der Waals surface area contributed by atoms with E-state index in [0.717, 1.165) is 0 Å². The predicted octanol–water partition coefficient (Wildman–Crippen LogP) is 10.4. The van der Waals surface area contributed by atoms with E-state index in [1.54, 1.807) is 0 Å². The molecule has 0 aliphatic rings. The predicted molar refractivity (Wildman–Crippen MR) is 126 cm³/mol. The minimum atomic E-state index is 0.452. The number of rotatable bonds is 21. The summed E-state index contributed by atoms with van der Waals surface area (Å²) in [5, 5.41) is 0. The van der Waals surface area contributed by atoms with Gasteiger partial charge in [0.2, 0.25) is 0 Å². The van der Waals surface area contributed by atoms with Gasteiger partial charge in [0.25, 0.3) is 0 Å². The van der Waals surface area contributed by atoms with Crippen LogP contribution in [0.4, 0.5) is 0 Å². The van der Waals surface area contributed by atoms with Crippen molar-refractivity contribution in [2.24, 2.45) is 0 Å². The molecule has 0 nitrogen and oxygen atoms in total. The van der Waals surface area contributed by atoms with Gasteiger partial charge in [-0.15, -0.1) is 0 Å². The van der Waals surface area contributed by atoms with Crippen molar-refractivity contribution in [3.8, 4) is 0 Å². The molecule has 0 unspecified atom stereocenters. The topological polar surface area (TPSA) is 0 Å². The standard InChI is InChI=1S/C25H51Br/c1-4-7-10-13-16-19-22-25(26,23-20-17-14-11-8-5-2)24-21-18-15-12-9-6-3/h4-24H2,1-3H3. The molecule has 0 fully saturated rings. The number of alkyl halides is 1. The van der Waals surface area contributed by atoms with E-state index < -0.39 is 0 Å². The second-order valence-corrected chi connectivity index (χ2v) is 10.4. The van der Waals surface area contributed by atoms with Crippen LogP contribution in [0.1, 0.15) is 156 Å². The van der Waals surface area contributed by atoms with Crippen LogP contribution in [0.5, 0.6) is 0 Å². The maximum absolute atomic E-state index is 4.23. The monoisotopic (exact) mass is 430 g/mol. The molecule has 0 radical (unpaired) electrons. The summed E-state index contributed by atoms with van der Waals surface area (Å²) in [6.45, 7) is 6.93. The second-order valence-electron chi connectivity index (χ2n) is 8.70. The van der Waals surface area contributed by atoms with Gasteiger partial charge < -0.3 is 0 Å². The van der Waals surface area contributed by atoms with Crippen molar-refractivity contribution in [1.29, 1.82) is 0 Å². The smallest absolute Gasteiger partial charge is 0.0258 e. The molecule has 1 heteroatoms. The quantitative estimate of drug-likeness (QED) is 0.125. The van der Waals surface area contributed by atoms with Gasteiger partial charge in [-0.05, 0) is 19.3 Å². The molecule has 0 heterocycles. The van der Waals surface area contributed by atoms with Crippen LogP contribution < -0.4 is 0 Å². The van der Waals surface area contributed by atoms with Crippen molar-refractivity contribution in [2.45, 2.75) is 160 Å². The Labute approximate surface area is 175 Å². The molecular formula is C25H51Br. The Bertz CT molecular complexity index is 220. The molecule has 0 aliphatic carbocycles. The third kappa shape index (κ3) is 17.9. The second kappa shape index (κ2) is 20.2. The minimum Gasteiger partial charge on any atom is -0.0853 e. The van der Waals surface area contributed by atoms with Gasteiger partial charge in [0.1, 0.15) is 0 Å². The van der Waals surface area contributed by atoms with Crippen LogP contribution >= 0.6 is 15.9 Å². The summed E-state index contributed by atoms with van der Waals surface area (Å²) in [5.41, 5.74) is 0. The summed E-state index contributed by atoms with van der Waals surface area (Å²) in [4.78, 5) is 0. The highest BCUT2D eigenvalue weighted by Crippen LogP contribution is 2.37. The van der Waals surface area contributed by atoms with Gasteiger partial charge in [-0.25, -0.2) is 0 Å². The molecule has 0 aliphatic heterocycles. The van der Waals surface area contributed by atoms with Crippen molar-refractivity contribution >= 4 is 15.9 Å². The number of halogens is 1. The number of hydrogen-bond acceptors (Lipinski definition) is 0. The summed E-state index contributed by atoms with van der Waals surface area (Å²) in [5.74, 6) is 0. The van der Waals surface area contributed by atoms with E-state index in [1.807, 2.05) is 0 Å². The Morgan fingerprint density at radius 1 is 0.385 bits per heavy atom. The molecule has 0 spiro atoms. The first-order valence-electron chi connectivity index (χ1n) is 12.4. The molecule has 0 aromatic rings. The van der Waals surface area contributed by atoms with Gasteiger partial charge in [-0.1, -0.05) is 152 Å². The molecule has 0 aromatic carbocycles. The van der Waals surface area contributed by atoms with Crippen molar-refractivity contribution in [3.05, 3.63) is 0 Å². The van der Waals surface area contributed by atoms with Gasteiger partial charge in [0, 0.05) is 4.32 Å². The molecule has 26 heavy (non-hydrogen) atoms. The van der Waals surface area contributed by atoms with Crippen molar-refractivity contribution in [2.75, 3.05) is 0 Å². The zero-order valence-electron chi connectivity index (χ0n) is 18.7. The van der Waals surface area contributed by atoms with Crippen LogP contribution in [0.2, 0.25) is 0 Å². The van der Waals surface area contributed by atoms with Crippen LogP contribution in [0.25, 0.3) is 0 Å². The number of unbranched alkanes of at least 4 members (excludes halogenated alkanes) is 15. The van der Waals surface area contributed by atoms with E-state index in [2.05, 4.69) is 36.7 Å². The fourth-order valence-electron chi connectivity index (χ4n) is 4.04. The van der Waals surface area contributed by atoms with Crippen LogP contribution in [0.15, 0.2) is 0 Å². The van der Waals surface area contributed by atoms with Gasteiger partial charge in [0.05, 0.1) is 0 Å². The molecular weight excluding hydrogens is 380 g/mol. The summed E-state index contributed by atoms with van der Waals surface area (Å²) >= 11 is 4.23. The van der Waals surface area contributed by atoms with Crippen LogP contribution in [0, 0.1) is 0 Å². The van der Waals surface area contributed by atoms with E-state index in [0.29, 0.717) is 4.32 Å². The Morgan fingerprint density at radius 2 is 0.615 bits per heavy atom. The lowest BCUT2D eigenvalue weighted by atomic mass is 9.89. The molecule has 0 rings (SSSR count). The van der Waals surface area contributed by atoms with Crippen molar-refractivity contribution in [3.63, 3.8) is 0 Å². The highest BCUT2D eigenvalue weighted by Gasteiger charge is 2.24. The van der Waals surface area contributed by atoms with E-state index in [4.69, 9.17) is 0 Å². The van der Waals surface area contributed by atoms with E-state index in [9.17, 15) is 0 Å². The molecule has 0 saturated heterocycles. The van der Waals surface area contributed by atoms with E-state index >= 15 is 0 Å². The Kier molecular flexibility index (Phi) is 20.6. The molecule has 158 valence electrons. The van der Waals surface area contributed by atoms with Crippen LogP contribution in [-0.2, 0) is 0 Å². The third-order valence-electron chi connectivity index (χ3n) is 5.94. The van der Waals surface area contributed by atoms with E-state index in [1.165, 1.54) is 135 Å². The Hall–Kier alpha value is 0.480. The average molecular weight is 432 g/mol. The largest absolute Gasteiger partial charge is 0.0853 e. The molecule has 0 amide bonds. The van der Waals surface area contributed by atoms with Crippen LogP contribution in [-0.4, -0.2) is 4.32 Å². The minimum absolute atomic E-state index is 0.452.